The summed E-state index contributed by atoms with van der Waals surface area (Å²) in [4.78, 5) is 21.8. The van der Waals surface area contributed by atoms with Gasteiger partial charge in [0.15, 0.2) is 0 Å². The van der Waals surface area contributed by atoms with E-state index in [4.69, 9.17) is 14.6 Å². The molecular weight excluding hydrogens is 238 g/mol. The zero-order valence-corrected chi connectivity index (χ0v) is 10.4. The first kappa shape index (κ1) is 13.8. The quantitative estimate of drug-likeness (QED) is 0.819. The van der Waals surface area contributed by atoms with Gasteiger partial charge in [-0.2, -0.15) is 0 Å². The summed E-state index contributed by atoms with van der Waals surface area (Å²) in [5, 5.41) is 11.6. The smallest absolute Gasteiger partial charge is 0.335 e. The number of nitrogens with one attached hydrogen (secondary N) is 1. The highest BCUT2D eigenvalue weighted by molar-refractivity contribution is 5.89. The van der Waals surface area contributed by atoms with Crippen LogP contribution in [-0.4, -0.2) is 31.2 Å². The second kappa shape index (κ2) is 5.90. The lowest BCUT2D eigenvalue weighted by Gasteiger charge is -2.14. The van der Waals surface area contributed by atoms with Gasteiger partial charge in [0, 0.05) is 6.92 Å². The number of carboxylic acid groups (broad SMARTS) is 1. The molecule has 1 aromatic rings. The Bertz CT molecular complexity index is 445. The number of benzene rings is 1. The fourth-order valence-corrected chi connectivity index (χ4v) is 1.49. The van der Waals surface area contributed by atoms with E-state index < -0.39 is 5.97 Å². The number of carbonyl (C=O) groups is 2. The SMILES string of the molecule is COc1cc(C(=O)O)cc(OC)c1CNC(C)=O. The van der Waals surface area contributed by atoms with Gasteiger partial charge >= 0.3 is 5.97 Å². The summed E-state index contributed by atoms with van der Waals surface area (Å²) in [6.07, 6.45) is 0. The normalized spacial score (nSPS) is 9.72. The molecule has 98 valence electrons. The van der Waals surface area contributed by atoms with E-state index in [1.807, 2.05) is 0 Å². The molecule has 0 atom stereocenters. The Morgan fingerprint density at radius 3 is 2.06 bits per heavy atom. The first-order valence-electron chi connectivity index (χ1n) is 5.22. The fraction of sp³-hybridized carbons (Fsp3) is 0.333. The molecule has 1 amide bonds. The maximum Gasteiger partial charge on any atom is 0.335 e. The van der Waals surface area contributed by atoms with Crippen molar-refractivity contribution in [3.05, 3.63) is 23.3 Å². The summed E-state index contributed by atoms with van der Waals surface area (Å²) in [7, 11) is 2.86. The minimum Gasteiger partial charge on any atom is -0.496 e. The van der Waals surface area contributed by atoms with Gasteiger partial charge in [-0.15, -0.1) is 0 Å². The van der Waals surface area contributed by atoms with E-state index in [0.717, 1.165) is 0 Å². The number of amides is 1. The number of carbonyl (C=O) groups excluding carboxylic acids is 1. The molecule has 6 heteroatoms. The molecule has 0 spiro atoms. The lowest BCUT2D eigenvalue weighted by molar-refractivity contribution is -0.119. The van der Waals surface area contributed by atoms with Crippen molar-refractivity contribution < 1.29 is 24.2 Å². The largest absolute Gasteiger partial charge is 0.496 e. The van der Waals surface area contributed by atoms with Gasteiger partial charge in [0.25, 0.3) is 0 Å². The number of hydrogen-bond acceptors (Lipinski definition) is 4. The van der Waals surface area contributed by atoms with Crippen LogP contribution < -0.4 is 14.8 Å². The molecule has 0 radical (unpaired) electrons. The average Bonchev–Trinajstić information content (AvgIpc) is 2.34. The van der Waals surface area contributed by atoms with Crippen molar-refractivity contribution in [1.82, 2.24) is 5.32 Å². The third kappa shape index (κ3) is 3.13. The zero-order chi connectivity index (χ0) is 13.7. The Morgan fingerprint density at radius 1 is 1.22 bits per heavy atom. The highest BCUT2D eigenvalue weighted by atomic mass is 16.5. The Labute approximate surface area is 105 Å². The van der Waals surface area contributed by atoms with Gasteiger partial charge in [0.05, 0.1) is 31.9 Å². The second-order valence-electron chi connectivity index (χ2n) is 3.57. The zero-order valence-electron chi connectivity index (χ0n) is 10.4. The molecule has 0 fully saturated rings. The minimum absolute atomic E-state index is 0.0651. The summed E-state index contributed by atoms with van der Waals surface area (Å²) >= 11 is 0. The lowest BCUT2D eigenvalue weighted by Crippen LogP contribution is -2.20. The molecule has 0 saturated heterocycles. The van der Waals surface area contributed by atoms with E-state index in [2.05, 4.69) is 5.32 Å². The maximum absolute atomic E-state index is 10.9. The monoisotopic (exact) mass is 253 g/mol. The third-order valence-electron chi connectivity index (χ3n) is 2.37. The Hall–Kier alpha value is -2.24. The van der Waals surface area contributed by atoms with Crippen molar-refractivity contribution in [3.63, 3.8) is 0 Å². The van der Waals surface area contributed by atoms with E-state index in [1.54, 1.807) is 0 Å². The molecule has 0 saturated carbocycles. The number of ether oxygens (including phenoxy) is 2. The summed E-state index contributed by atoms with van der Waals surface area (Å²) < 4.78 is 10.2. The number of hydrogen-bond donors (Lipinski definition) is 2. The number of aromatic carboxylic acids is 1. The predicted molar refractivity (Wildman–Crippen MR) is 64.0 cm³/mol. The molecule has 1 aromatic carbocycles. The maximum atomic E-state index is 10.9. The van der Waals surface area contributed by atoms with Crippen LogP contribution >= 0.6 is 0 Å². The molecule has 2 N–H and O–H groups in total. The van der Waals surface area contributed by atoms with Crippen LogP contribution in [0.15, 0.2) is 12.1 Å². The van der Waals surface area contributed by atoms with Crippen LogP contribution in [0.2, 0.25) is 0 Å². The van der Waals surface area contributed by atoms with Gasteiger partial charge in [-0.05, 0) is 12.1 Å². The van der Waals surface area contributed by atoms with Gasteiger partial charge in [-0.25, -0.2) is 4.79 Å². The molecule has 1 rings (SSSR count). The van der Waals surface area contributed by atoms with Crippen molar-refractivity contribution in [2.75, 3.05) is 14.2 Å². The molecular formula is C12H15NO5. The van der Waals surface area contributed by atoms with Crippen LogP contribution in [0.1, 0.15) is 22.8 Å². The van der Waals surface area contributed by atoms with Gasteiger partial charge in [0.2, 0.25) is 5.91 Å². The van der Waals surface area contributed by atoms with Gasteiger partial charge < -0.3 is 19.9 Å². The molecule has 0 aliphatic heterocycles. The first-order chi connectivity index (χ1) is 8.49. The third-order valence-corrected chi connectivity index (χ3v) is 2.37. The van der Waals surface area contributed by atoms with Crippen LogP contribution in [-0.2, 0) is 11.3 Å². The fourth-order valence-electron chi connectivity index (χ4n) is 1.49. The molecule has 0 unspecified atom stereocenters. The van der Waals surface area contributed by atoms with Crippen LogP contribution in [0.5, 0.6) is 11.5 Å². The Balaban J connectivity index is 3.21. The summed E-state index contributed by atoms with van der Waals surface area (Å²) in [6, 6.07) is 2.78. The summed E-state index contributed by atoms with van der Waals surface area (Å²) in [5.74, 6) is -0.542. The van der Waals surface area contributed by atoms with E-state index in [-0.39, 0.29) is 18.0 Å². The molecule has 0 heterocycles. The predicted octanol–water partition coefficient (Wildman–Crippen LogP) is 1.04. The Morgan fingerprint density at radius 2 is 1.72 bits per heavy atom. The number of rotatable bonds is 5. The highest BCUT2D eigenvalue weighted by Gasteiger charge is 2.15. The van der Waals surface area contributed by atoms with Crippen LogP contribution in [0.4, 0.5) is 0 Å². The average molecular weight is 253 g/mol. The van der Waals surface area contributed by atoms with E-state index >= 15 is 0 Å². The number of methoxy groups -OCH3 is 2. The van der Waals surface area contributed by atoms with Gasteiger partial charge in [0.1, 0.15) is 11.5 Å². The van der Waals surface area contributed by atoms with Crippen molar-refractivity contribution in [2.24, 2.45) is 0 Å². The first-order valence-corrected chi connectivity index (χ1v) is 5.22. The van der Waals surface area contributed by atoms with Crippen molar-refractivity contribution >= 4 is 11.9 Å². The lowest BCUT2D eigenvalue weighted by atomic mass is 10.1. The highest BCUT2D eigenvalue weighted by Crippen LogP contribution is 2.30. The molecule has 6 nitrogen and oxygen atoms in total. The summed E-state index contributed by atoms with van der Waals surface area (Å²) in [5.41, 5.74) is 0.662. The molecule has 0 aliphatic rings. The van der Waals surface area contributed by atoms with Crippen molar-refractivity contribution in [1.29, 1.82) is 0 Å². The van der Waals surface area contributed by atoms with E-state index in [1.165, 1.54) is 33.3 Å². The van der Waals surface area contributed by atoms with Crippen LogP contribution in [0.3, 0.4) is 0 Å². The molecule has 18 heavy (non-hydrogen) atoms. The van der Waals surface area contributed by atoms with Crippen LogP contribution in [0, 0.1) is 0 Å². The second-order valence-corrected chi connectivity index (χ2v) is 3.57. The van der Waals surface area contributed by atoms with Crippen LogP contribution in [0.25, 0.3) is 0 Å². The van der Waals surface area contributed by atoms with Gasteiger partial charge in [-0.3, -0.25) is 4.79 Å². The van der Waals surface area contributed by atoms with Gasteiger partial charge in [-0.1, -0.05) is 0 Å². The molecule has 0 aromatic heterocycles. The number of carboxylic acids is 1. The Kier molecular flexibility index (Phi) is 4.53. The van der Waals surface area contributed by atoms with E-state index in [9.17, 15) is 9.59 Å². The molecule has 0 aliphatic carbocycles. The minimum atomic E-state index is -1.07. The van der Waals surface area contributed by atoms with E-state index in [0.29, 0.717) is 17.1 Å². The molecule has 0 bridgehead atoms. The standard InChI is InChI=1S/C12H15NO5/c1-7(14)13-6-9-10(17-2)4-8(12(15)16)5-11(9)18-3/h4-5H,6H2,1-3H3,(H,13,14)(H,15,16). The topological polar surface area (TPSA) is 84.9 Å². The summed E-state index contributed by atoms with van der Waals surface area (Å²) in [6.45, 7) is 1.60. The van der Waals surface area contributed by atoms with Crippen molar-refractivity contribution in [2.45, 2.75) is 13.5 Å². The van der Waals surface area contributed by atoms with Crippen molar-refractivity contribution in [3.8, 4) is 11.5 Å².